The Bertz CT molecular complexity index is 560. The largest absolute Gasteiger partial charge is 0.438 e. The van der Waals surface area contributed by atoms with E-state index in [0.29, 0.717) is 17.3 Å². The molecule has 17 heavy (non-hydrogen) atoms. The summed E-state index contributed by atoms with van der Waals surface area (Å²) in [6, 6.07) is 8.91. The Morgan fingerprint density at radius 3 is 2.47 bits per heavy atom. The lowest BCUT2D eigenvalue weighted by molar-refractivity contribution is 0.461. The fourth-order valence-electron chi connectivity index (χ4n) is 1.19. The first-order chi connectivity index (χ1) is 8.06. The highest BCUT2D eigenvalue weighted by atomic mass is 79.9. The second-order valence-corrected chi connectivity index (χ2v) is 5.07. The van der Waals surface area contributed by atoms with Gasteiger partial charge in [0, 0.05) is 10.5 Å². The number of rotatable bonds is 2. The molecule has 0 spiro atoms. The van der Waals surface area contributed by atoms with E-state index < -0.39 is 0 Å². The van der Waals surface area contributed by atoms with E-state index in [0.717, 1.165) is 8.95 Å². The third kappa shape index (κ3) is 2.89. The van der Waals surface area contributed by atoms with Crippen molar-refractivity contribution in [1.29, 1.82) is 0 Å². The molecule has 6 heteroatoms. The number of nitrogens with zero attached hydrogens (tertiary/aromatic N) is 1. The molecule has 4 nitrogen and oxygen atoms in total. The minimum atomic E-state index is 0.260. The first kappa shape index (κ1) is 12.2. The zero-order valence-electron chi connectivity index (χ0n) is 8.65. The number of nitrogen functional groups attached to an aromatic ring is 2. The Hall–Kier alpha value is -1.27. The van der Waals surface area contributed by atoms with Crippen molar-refractivity contribution in [3.63, 3.8) is 0 Å². The number of ether oxygens (including phenoxy) is 1. The molecule has 0 fully saturated rings. The second kappa shape index (κ2) is 4.93. The van der Waals surface area contributed by atoms with Gasteiger partial charge in [-0.25, -0.2) is 0 Å². The van der Waals surface area contributed by atoms with E-state index in [2.05, 4.69) is 36.8 Å². The Labute approximate surface area is 115 Å². The van der Waals surface area contributed by atoms with Crippen LogP contribution >= 0.6 is 31.9 Å². The average molecular weight is 359 g/mol. The van der Waals surface area contributed by atoms with E-state index in [1.165, 1.54) is 0 Å². The molecule has 2 rings (SSSR count). The topological polar surface area (TPSA) is 74.2 Å². The molecular formula is C11H9Br2N3O. The number of hydrogen-bond donors (Lipinski definition) is 2. The number of anilines is 2. The lowest BCUT2D eigenvalue weighted by Gasteiger charge is -2.08. The van der Waals surface area contributed by atoms with Crippen LogP contribution in [0.3, 0.4) is 0 Å². The molecule has 0 bridgehead atoms. The molecule has 88 valence electrons. The molecule has 0 aliphatic heterocycles. The molecule has 4 N–H and O–H groups in total. The first-order valence-corrected chi connectivity index (χ1v) is 6.30. The molecule has 0 amide bonds. The van der Waals surface area contributed by atoms with Crippen LogP contribution in [0.5, 0.6) is 11.6 Å². The monoisotopic (exact) mass is 357 g/mol. The summed E-state index contributed by atoms with van der Waals surface area (Å²) in [5.74, 6) is 1.32. The molecule has 1 aromatic heterocycles. The molecule has 2 aromatic rings. The van der Waals surface area contributed by atoms with Crippen molar-refractivity contribution in [3.8, 4) is 11.6 Å². The number of pyridine rings is 1. The fraction of sp³-hybridized carbons (Fsp3) is 0. The van der Waals surface area contributed by atoms with Crippen LogP contribution in [0.25, 0.3) is 0 Å². The lowest BCUT2D eigenvalue weighted by Crippen LogP contribution is -1.99. The predicted octanol–water partition coefficient (Wildman–Crippen LogP) is 3.56. The molecule has 1 heterocycles. The van der Waals surface area contributed by atoms with E-state index in [4.69, 9.17) is 16.2 Å². The van der Waals surface area contributed by atoms with E-state index in [1.807, 2.05) is 18.2 Å². The summed E-state index contributed by atoms with van der Waals surface area (Å²) < 4.78 is 7.37. The van der Waals surface area contributed by atoms with Crippen molar-refractivity contribution in [2.24, 2.45) is 0 Å². The van der Waals surface area contributed by atoms with Crippen LogP contribution < -0.4 is 16.2 Å². The molecule has 0 aliphatic carbocycles. The van der Waals surface area contributed by atoms with Crippen LogP contribution in [-0.4, -0.2) is 4.98 Å². The van der Waals surface area contributed by atoms with Crippen LogP contribution in [0, 0.1) is 0 Å². The van der Waals surface area contributed by atoms with E-state index in [9.17, 15) is 0 Å². The molecule has 0 atom stereocenters. The van der Waals surface area contributed by atoms with Gasteiger partial charge in [-0.1, -0.05) is 15.9 Å². The van der Waals surface area contributed by atoms with Gasteiger partial charge in [0.1, 0.15) is 5.75 Å². The first-order valence-electron chi connectivity index (χ1n) is 4.71. The molecular weight excluding hydrogens is 350 g/mol. The normalized spacial score (nSPS) is 10.2. The SMILES string of the molecule is Nc1ccc(Oc2ccc(Br)cc2Br)nc1N. The summed E-state index contributed by atoms with van der Waals surface area (Å²) in [7, 11) is 0. The molecule has 1 aromatic carbocycles. The summed E-state index contributed by atoms with van der Waals surface area (Å²) in [5.41, 5.74) is 11.6. The Kier molecular flexibility index (Phi) is 3.54. The zero-order chi connectivity index (χ0) is 12.4. The maximum atomic E-state index is 5.60. The van der Waals surface area contributed by atoms with Crippen LogP contribution in [0.15, 0.2) is 39.3 Å². The van der Waals surface area contributed by atoms with E-state index >= 15 is 0 Å². The van der Waals surface area contributed by atoms with Crippen molar-refractivity contribution in [2.45, 2.75) is 0 Å². The predicted molar refractivity (Wildman–Crippen MR) is 75.0 cm³/mol. The van der Waals surface area contributed by atoms with Crippen molar-refractivity contribution in [1.82, 2.24) is 4.98 Å². The van der Waals surface area contributed by atoms with Gasteiger partial charge in [0.25, 0.3) is 0 Å². The number of aromatic nitrogens is 1. The number of benzene rings is 1. The minimum absolute atomic E-state index is 0.260. The standard InChI is InChI=1S/C11H9Br2N3O/c12-6-1-3-9(7(13)5-6)17-10-4-2-8(14)11(15)16-10/h1-5H,14H2,(H2,15,16). The van der Waals surface area contributed by atoms with Crippen LogP contribution in [0.4, 0.5) is 11.5 Å². The lowest BCUT2D eigenvalue weighted by atomic mass is 10.3. The summed E-state index contributed by atoms with van der Waals surface area (Å²) in [6.07, 6.45) is 0. The van der Waals surface area contributed by atoms with E-state index in [1.54, 1.807) is 12.1 Å². The van der Waals surface area contributed by atoms with Gasteiger partial charge in [-0.15, -0.1) is 0 Å². The Morgan fingerprint density at radius 2 is 1.82 bits per heavy atom. The molecule has 0 aliphatic rings. The van der Waals surface area contributed by atoms with Crippen molar-refractivity contribution in [2.75, 3.05) is 11.5 Å². The van der Waals surface area contributed by atoms with Crippen molar-refractivity contribution in [3.05, 3.63) is 39.3 Å². The summed E-state index contributed by atoms with van der Waals surface area (Å²) in [6.45, 7) is 0. The quantitative estimate of drug-likeness (QED) is 0.860. The molecule has 0 radical (unpaired) electrons. The van der Waals surface area contributed by atoms with E-state index in [-0.39, 0.29) is 5.82 Å². The Morgan fingerprint density at radius 1 is 1.06 bits per heavy atom. The number of nitrogens with two attached hydrogens (primary N) is 2. The van der Waals surface area contributed by atoms with Gasteiger partial charge in [-0.05, 0) is 40.2 Å². The highest BCUT2D eigenvalue weighted by Crippen LogP contribution is 2.31. The van der Waals surface area contributed by atoms with Gasteiger partial charge in [0.2, 0.25) is 5.88 Å². The third-order valence-corrected chi connectivity index (χ3v) is 3.15. The average Bonchev–Trinajstić information content (AvgIpc) is 2.27. The number of hydrogen-bond acceptors (Lipinski definition) is 4. The van der Waals surface area contributed by atoms with Crippen molar-refractivity contribution >= 4 is 43.4 Å². The van der Waals surface area contributed by atoms with Gasteiger partial charge in [0.15, 0.2) is 5.82 Å². The van der Waals surface area contributed by atoms with Gasteiger partial charge >= 0.3 is 0 Å². The highest BCUT2D eigenvalue weighted by molar-refractivity contribution is 9.11. The minimum Gasteiger partial charge on any atom is -0.438 e. The molecule has 0 saturated heterocycles. The van der Waals surface area contributed by atoms with Crippen LogP contribution in [-0.2, 0) is 0 Å². The number of halogens is 2. The molecule has 0 saturated carbocycles. The maximum Gasteiger partial charge on any atom is 0.221 e. The fourth-order valence-corrected chi connectivity index (χ4v) is 2.32. The smallest absolute Gasteiger partial charge is 0.221 e. The maximum absolute atomic E-state index is 5.60. The third-order valence-electron chi connectivity index (χ3n) is 2.04. The van der Waals surface area contributed by atoms with Gasteiger partial charge < -0.3 is 16.2 Å². The van der Waals surface area contributed by atoms with Gasteiger partial charge in [-0.3, -0.25) is 0 Å². The summed E-state index contributed by atoms with van der Waals surface area (Å²) >= 11 is 6.76. The van der Waals surface area contributed by atoms with Gasteiger partial charge in [-0.2, -0.15) is 4.98 Å². The highest BCUT2D eigenvalue weighted by Gasteiger charge is 2.05. The summed E-state index contributed by atoms with van der Waals surface area (Å²) in [5, 5.41) is 0. The zero-order valence-corrected chi connectivity index (χ0v) is 11.8. The van der Waals surface area contributed by atoms with Crippen molar-refractivity contribution < 1.29 is 4.74 Å². The Balaban J connectivity index is 2.28. The second-order valence-electron chi connectivity index (χ2n) is 3.30. The molecule has 0 unspecified atom stereocenters. The summed E-state index contributed by atoms with van der Waals surface area (Å²) in [4.78, 5) is 4.03. The van der Waals surface area contributed by atoms with Crippen LogP contribution in [0.1, 0.15) is 0 Å². The van der Waals surface area contributed by atoms with Crippen LogP contribution in [0.2, 0.25) is 0 Å². The van der Waals surface area contributed by atoms with Gasteiger partial charge in [0.05, 0.1) is 10.2 Å².